The number of hydrogen-bond acceptors (Lipinski definition) is 4. The molecule has 0 aromatic heterocycles. The fourth-order valence-corrected chi connectivity index (χ4v) is 12.3. The van der Waals surface area contributed by atoms with Gasteiger partial charge in [-0.3, -0.25) is 4.79 Å². The molecule has 2 N–H and O–H groups in total. The smallest absolute Gasteiger partial charge is 0.336 e. The van der Waals surface area contributed by atoms with E-state index in [4.69, 9.17) is 4.74 Å². The zero-order chi connectivity index (χ0) is 28.3. The van der Waals surface area contributed by atoms with Gasteiger partial charge in [-0.1, -0.05) is 55.4 Å². The Kier molecular flexibility index (Phi) is 6.33. The van der Waals surface area contributed by atoms with Crippen LogP contribution in [0.4, 0.5) is 0 Å². The molecule has 5 nitrogen and oxygen atoms in total. The fraction of sp³-hybridized carbons (Fsp3) is 0.939. The van der Waals surface area contributed by atoms with Crippen LogP contribution in [0.3, 0.4) is 0 Å². The van der Waals surface area contributed by atoms with Crippen molar-refractivity contribution in [2.75, 3.05) is 0 Å². The van der Waals surface area contributed by atoms with Crippen LogP contribution < -0.4 is 0 Å². The molecule has 0 saturated heterocycles. The van der Waals surface area contributed by atoms with Crippen LogP contribution in [0.15, 0.2) is 0 Å². The van der Waals surface area contributed by atoms with Crippen LogP contribution in [0.2, 0.25) is 0 Å². The van der Waals surface area contributed by atoms with Crippen molar-refractivity contribution >= 4 is 11.9 Å². The molecular weight excluding hydrogens is 476 g/mol. The molecule has 5 saturated carbocycles. The highest BCUT2D eigenvalue weighted by Gasteiger charge is 2.76. The maximum atomic E-state index is 13.0. The second-order valence-corrected chi connectivity index (χ2v) is 16.3. The quantitative estimate of drug-likeness (QED) is 0.372. The number of carboxylic acid groups (broad SMARTS) is 1. The van der Waals surface area contributed by atoms with E-state index in [1.807, 2.05) is 0 Å². The van der Waals surface area contributed by atoms with Gasteiger partial charge in [0.05, 0.1) is 0 Å². The molecule has 5 rings (SSSR count). The van der Waals surface area contributed by atoms with Crippen LogP contribution in [-0.2, 0) is 14.3 Å². The third-order valence-electron chi connectivity index (χ3n) is 14.9. The first kappa shape index (κ1) is 28.4. The number of esters is 1. The molecule has 38 heavy (non-hydrogen) atoms. The molecule has 0 spiro atoms. The van der Waals surface area contributed by atoms with Crippen molar-refractivity contribution in [1.82, 2.24) is 0 Å². The number of carbonyl (C=O) groups excluding carboxylic acids is 1. The van der Waals surface area contributed by atoms with Gasteiger partial charge < -0.3 is 14.9 Å². The van der Waals surface area contributed by atoms with E-state index in [9.17, 15) is 19.8 Å². The van der Waals surface area contributed by atoms with Crippen LogP contribution in [0.5, 0.6) is 0 Å². The summed E-state index contributed by atoms with van der Waals surface area (Å²) in [5.41, 5.74) is -2.66. The van der Waals surface area contributed by atoms with Crippen molar-refractivity contribution in [2.24, 2.45) is 62.6 Å². The standard InChI is InChI=1S/C33H54O5/c1-19-12-14-29(6)16-17-30(7)22(26(29)20(19)2)10-11-24-31(30,8)15-13-23-28(4,5)25(38-21(3)34)18-33(37,27(35)36)32(23,24)9/h19-20,22-26,37H,10-18H2,1-9H3,(H,35,36)/t19-,20+,22-,23+,24+,25?,26+,29-,30-,31-,32+,33?/m1/s1. The van der Waals surface area contributed by atoms with Crippen molar-refractivity contribution in [2.45, 2.75) is 132 Å². The van der Waals surface area contributed by atoms with Gasteiger partial charge in [0.1, 0.15) is 6.10 Å². The average Bonchev–Trinajstić information content (AvgIpc) is 2.81. The van der Waals surface area contributed by atoms with E-state index in [0.717, 1.165) is 31.6 Å². The highest BCUT2D eigenvalue weighted by molar-refractivity contribution is 5.79. The Morgan fingerprint density at radius 1 is 0.816 bits per heavy atom. The number of ether oxygens (including phenoxy) is 1. The minimum Gasteiger partial charge on any atom is -0.479 e. The molecular formula is C33H54O5. The van der Waals surface area contributed by atoms with E-state index >= 15 is 0 Å². The second kappa shape index (κ2) is 8.46. The summed E-state index contributed by atoms with van der Waals surface area (Å²) in [4.78, 5) is 25.1. The summed E-state index contributed by atoms with van der Waals surface area (Å²) in [5.74, 6) is 1.31. The topological polar surface area (TPSA) is 83.8 Å². The maximum absolute atomic E-state index is 13.0. The Morgan fingerprint density at radius 2 is 1.47 bits per heavy atom. The summed E-state index contributed by atoms with van der Waals surface area (Å²) in [6.07, 6.45) is 8.48. The van der Waals surface area contributed by atoms with Crippen LogP contribution in [0.25, 0.3) is 0 Å². The molecule has 0 radical (unpaired) electrons. The van der Waals surface area contributed by atoms with Gasteiger partial charge in [0.2, 0.25) is 0 Å². The summed E-state index contributed by atoms with van der Waals surface area (Å²) in [5, 5.41) is 22.9. The Balaban J connectivity index is 1.61. The zero-order valence-electron chi connectivity index (χ0n) is 25.5. The Labute approximate surface area is 230 Å². The highest BCUT2D eigenvalue weighted by Crippen LogP contribution is 2.78. The molecule has 5 aliphatic carbocycles. The van der Waals surface area contributed by atoms with Crippen LogP contribution in [0, 0.1) is 62.6 Å². The van der Waals surface area contributed by atoms with Gasteiger partial charge in [-0.15, -0.1) is 0 Å². The third kappa shape index (κ3) is 3.32. The number of carbonyl (C=O) groups is 2. The van der Waals surface area contributed by atoms with Crippen molar-refractivity contribution in [3.63, 3.8) is 0 Å². The van der Waals surface area contributed by atoms with E-state index in [1.165, 1.54) is 32.6 Å². The molecule has 216 valence electrons. The van der Waals surface area contributed by atoms with Gasteiger partial charge in [-0.2, -0.15) is 0 Å². The summed E-state index contributed by atoms with van der Waals surface area (Å²) in [6.45, 7) is 20.3. The van der Waals surface area contributed by atoms with E-state index in [-0.39, 0.29) is 29.1 Å². The Bertz CT molecular complexity index is 1010. The third-order valence-corrected chi connectivity index (χ3v) is 14.9. The minimum absolute atomic E-state index is 0.0378. The molecule has 2 unspecified atom stereocenters. The molecule has 0 aromatic rings. The first-order valence-corrected chi connectivity index (χ1v) is 15.5. The summed E-state index contributed by atoms with van der Waals surface area (Å²) in [6, 6.07) is 0. The second-order valence-electron chi connectivity index (χ2n) is 16.3. The van der Waals surface area contributed by atoms with Crippen LogP contribution in [-0.4, -0.2) is 33.9 Å². The molecule has 12 atom stereocenters. The lowest BCUT2D eigenvalue weighted by Crippen LogP contribution is -2.75. The molecule has 0 aromatic carbocycles. The molecule has 5 fully saturated rings. The normalized spacial score (nSPS) is 55.5. The van der Waals surface area contributed by atoms with Crippen LogP contribution >= 0.6 is 0 Å². The van der Waals surface area contributed by atoms with Crippen molar-refractivity contribution in [3.05, 3.63) is 0 Å². The molecule has 0 heterocycles. The molecule has 0 bridgehead atoms. The van der Waals surface area contributed by atoms with Crippen molar-refractivity contribution < 1.29 is 24.5 Å². The van der Waals surface area contributed by atoms with Crippen LogP contribution in [0.1, 0.15) is 120 Å². The summed E-state index contributed by atoms with van der Waals surface area (Å²) in [7, 11) is 0. The molecule has 5 heteroatoms. The monoisotopic (exact) mass is 530 g/mol. The van der Waals surface area contributed by atoms with E-state index in [1.54, 1.807) is 0 Å². The number of rotatable bonds is 2. The first-order chi connectivity index (χ1) is 17.4. The SMILES string of the molecule is CC(=O)OC1CC(O)(C(=O)O)[C@]2(C)[C@H]3CC[C@@H]4[C@@H]5[C@@H](C)[C@H](C)CC[C@]5(C)CC[C@@]4(C)[C@]3(C)CC[C@H]2C1(C)C. The van der Waals surface area contributed by atoms with Gasteiger partial charge in [-0.25, -0.2) is 4.79 Å². The molecule has 0 amide bonds. The molecule has 5 aliphatic rings. The summed E-state index contributed by atoms with van der Waals surface area (Å²) < 4.78 is 5.74. The predicted octanol–water partition coefficient (Wildman–Crippen LogP) is 7.10. The Morgan fingerprint density at radius 3 is 2.08 bits per heavy atom. The van der Waals surface area contributed by atoms with Gasteiger partial charge >= 0.3 is 11.9 Å². The lowest BCUT2D eigenvalue weighted by atomic mass is 9.29. The number of hydrogen-bond donors (Lipinski definition) is 2. The largest absolute Gasteiger partial charge is 0.479 e. The fourth-order valence-electron chi connectivity index (χ4n) is 12.3. The lowest BCUT2D eigenvalue weighted by molar-refractivity contribution is -0.305. The predicted molar refractivity (Wildman–Crippen MR) is 148 cm³/mol. The van der Waals surface area contributed by atoms with E-state index in [2.05, 4.69) is 55.4 Å². The van der Waals surface area contributed by atoms with Crippen molar-refractivity contribution in [3.8, 4) is 0 Å². The number of fused-ring (bicyclic) bond motifs is 7. The highest BCUT2D eigenvalue weighted by atomic mass is 16.5. The van der Waals surface area contributed by atoms with E-state index in [0.29, 0.717) is 23.2 Å². The van der Waals surface area contributed by atoms with Gasteiger partial charge in [-0.05, 0) is 103 Å². The van der Waals surface area contributed by atoms with Gasteiger partial charge in [0, 0.05) is 24.2 Å². The van der Waals surface area contributed by atoms with Gasteiger partial charge in [0.15, 0.2) is 5.60 Å². The van der Waals surface area contributed by atoms with E-state index < -0.39 is 34.5 Å². The van der Waals surface area contributed by atoms with Gasteiger partial charge in [0.25, 0.3) is 0 Å². The maximum Gasteiger partial charge on any atom is 0.336 e. The minimum atomic E-state index is -1.93. The average molecular weight is 531 g/mol. The van der Waals surface area contributed by atoms with Crippen molar-refractivity contribution in [1.29, 1.82) is 0 Å². The first-order valence-electron chi connectivity index (χ1n) is 15.5. The number of aliphatic carboxylic acids is 1. The summed E-state index contributed by atoms with van der Waals surface area (Å²) >= 11 is 0. The zero-order valence-corrected chi connectivity index (χ0v) is 25.5. The Hall–Kier alpha value is -1.10. The lowest BCUT2D eigenvalue weighted by Gasteiger charge is -2.75. The number of aliphatic hydroxyl groups is 1. The molecule has 0 aliphatic heterocycles. The number of carboxylic acids is 1.